The number of benzene rings is 1. The van der Waals surface area contributed by atoms with Crippen molar-refractivity contribution < 1.29 is 4.74 Å². The Morgan fingerprint density at radius 3 is 2.64 bits per heavy atom. The molecule has 0 saturated heterocycles. The van der Waals surface area contributed by atoms with Crippen LogP contribution in [0.2, 0.25) is 0 Å². The van der Waals surface area contributed by atoms with Crippen molar-refractivity contribution in [3.8, 4) is 5.75 Å². The number of aliphatic imine (C=N–C) groups is 1. The van der Waals surface area contributed by atoms with Gasteiger partial charge in [0.25, 0.3) is 0 Å². The second kappa shape index (κ2) is 14.0. The number of ether oxygens (including phenoxy) is 1. The molecule has 126 valence electrons. The van der Waals surface area contributed by atoms with Crippen molar-refractivity contribution in [2.45, 2.75) is 25.5 Å². The fourth-order valence-electron chi connectivity index (χ4n) is 1.62. The Labute approximate surface area is 155 Å². The molecule has 0 aliphatic carbocycles. The average Bonchev–Trinajstić information content (AvgIpc) is 2.52. The quantitative estimate of drug-likeness (QED) is 0.269. The smallest absolute Gasteiger partial charge is 0.191 e. The van der Waals surface area contributed by atoms with Gasteiger partial charge in [-0.2, -0.15) is 11.8 Å². The number of halogens is 1. The van der Waals surface area contributed by atoms with Crippen LogP contribution in [0.1, 0.15) is 20.3 Å². The van der Waals surface area contributed by atoms with Crippen LogP contribution in [0.3, 0.4) is 0 Å². The molecule has 2 N–H and O–H groups in total. The molecule has 0 amide bonds. The van der Waals surface area contributed by atoms with Crippen molar-refractivity contribution in [3.05, 3.63) is 30.3 Å². The first-order valence-corrected chi connectivity index (χ1v) is 8.77. The third kappa shape index (κ3) is 10.2. The molecule has 0 aliphatic rings. The van der Waals surface area contributed by atoms with Crippen LogP contribution in [0, 0.1) is 0 Å². The van der Waals surface area contributed by atoms with Gasteiger partial charge >= 0.3 is 0 Å². The van der Waals surface area contributed by atoms with Crippen molar-refractivity contribution >= 4 is 41.7 Å². The van der Waals surface area contributed by atoms with Crippen LogP contribution in [-0.2, 0) is 0 Å². The Balaban J connectivity index is 0.00000441. The predicted molar refractivity (Wildman–Crippen MR) is 109 cm³/mol. The molecular weight excluding hydrogens is 409 g/mol. The van der Waals surface area contributed by atoms with Crippen molar-refractivity contribution in [2.24, 2.45) is 4.99 Å². The number of nitrogens with one attached hydrogen (secondary N) is 2. The van der Waals surface area contributed by atoms with Crippen LogP contribution < -0.4 is 15.4 Å². The minimum absolute atomic E-state index is 0. The summed E-state index contributed by atoms with van der Waals surface area (Å²) >= 11 is 1.83. The van der Waals surface area contributed by atoms with Crippen molar-refractivity contribution in [2.75, 3.05) is 32.5 Å². The fourth-order valence-corrected chi connectivity index (χ4v) is 1.85. The van der Waals surface area contributed by atoms with E-state index in [1.165, 1.54) is 0 Å². The second-order valence-corrected chi connectivity index (χ2v) is 5.98. The van der Waals surface area contributed by atoms with Gasteiger partial charge in [-0.3, -0.25) is 4.99 Å². The number of nitrogens with zero attached hydrogens (tertiary/aromatic N) is 1. The van der Waals surface area contributed by atoms with Gasteiger partial charge in [0, 0.05) is 18.3 Å². The van der Waals surface area contributed by atoms with Gasteiger partial charge in [0.15, 0.2) is 5.96 Å². The molecule has 1 aromatic rings. The summed E-state index contributed by atoms with van der Waals surface area (Å²) in [5, 5.41) is 7.14. The van der Waals surface area contributed by atoms with E-state index in [1.807, 2.05) is 42.1 Å². The monoisotopic (exact) mass is 437 g/mol. The highest BCUT2D eigenvalue weighted by molar-refractivity contribution is 14.0. The molecule has 0 spiro atoms. The van der Waals surface area contributed by atoms with E-state index in [0.29, 0.717) is 11.9 Å². The summed E-state index contributed by atoms with van der Waals surface area (Å²) in [4.78, 5) is 4.57. The average molecular weight is 437 g/mol. The zero-order valence-corrected chi connectivity index (χ0v) is 16.8. The molecule has 1 atom stereocenters. The van der Waals surface area contributed by atoms with Gasteiger partial charge in [-0.15, -0.1) is 24.0 Å². The van der Waals surface area contributed by atoms with Gasteiger partial charge in [-0.25, -0.2) is 0 Å². The minimum Gasteiger partial charge on any atom is -0.494 e. The largest absolute Gasteiger partial charge is 0.494 e. The summed E-state index contributed by atoms with van der Waals surface area (Å²) < 4.78 is 5.66. The lowest BCUT2D eigenvalue weighted by Gasteiger charge is -2.13. The summed E-state index contributed by atoms with van der Waals surface area (Å²) in [6, 6.07) is 9.90. The fraction of sp³-hybridized carbons (Fsp3) is 0.562. The SMILES string of the molecule is CCNC(=NCC(C)SC)NCCCOc1ccccc1.I. The van der Waals surface area contributed by atoms with Crippen LogP contribution in [0.4, 0.5) is 0 Å². The molecule has 0 aromatic heterocycles. The molecule has 6 heteroatoms. The molecule has 0 aliphatic heterocycles. The Hall–Kier alpha value is -0.630. The topological polar surface area (TPSA) is 45.7 Å². The Bertz CT molecular complexity index is 404. The van der Waals surface area contributed by atoms with Crippen LogP contribution >= 0.6 is 35.7 Å². The van der Waals surface area contributed by atoms with E-state index in [1.54, 1.807) is 0 Å². The summed E-state index contributed by atoms with van der Waals surface area (Å²) in [5.41, 5.74) is 0. The van der Waals surface area contributed by atoms with E-state index in [4.69, 9.17) is 4.74 Å². The molecule has 1 aromatic carbocycles. The minimum atomic E-state index is 0. The maximum atomic E-state index is 5.66. The molecule has 1 rings (SSSR count). The maximum Gasteiger partial charge on any atom is 0.191 e. The van der Waals surface area contributed by atoms with Crippen molar-refractivity contribution in [1.82, 2.24) is 10.6 Å². The number of guanidine groups is 1. The Morgan fingerprint density at radius 1 is 1.27 bits per heavy atom. The molecule has 0 fully saturated rings. The first kappa shape index (κ1) is 21.4. The lowest BCUT2D eigenvalue weighted by Crippen LogP contribution is -2.38. The summed E-state index contributed by atoms with van der Waals surface area (Å²) in [6.45, 7) is 7.53. The third-order valence-electron chi connectivity index (χ3n) is 2.88. The number of hydrogen-bond donors (Lipinski definition) is 2. The van der Waals surface area contributed by atoms with Gasteiger partial charge in [-0.1, -0.05) is 25.1 Å². The van der Waals surface area contributed by atoms with Crippen LogP contribution in [0.5, 0.6) is 5.75 Å². The number of thioether (sulfide) groups is 1. The van der Waals surface area contributed by atoms with E-state index < -0.39 is 0 Å². The highest BCUT2D eigenvalue weighted by atomic mass is 127. The molecule has 0 heterocycles. The van der Waals surface area contributed by atoms with Gasteiger partial charge in [0.2, 0.25) is 0 Å². The molecule has 1 unspecified atom stereocenters. The summed E-state index contributed by atoms with van der Waals surface area (Å²) in [7, 11) is 0. The molecule has 22 heavy (non-hydrogen) atoms. The summed E-state index contributed by atoms with van der Waals surface area (Å²) in [6.07, 6.45) is 3.05. The number of para-hydroxylation sites is 1. The highest BCUT2D eigenvalue weighted by Crippen LogP contribution is 2.08. The van der Waals surface area contributed by atoms with Crippen molar-refractivity contribution in [1.29, 1.82) is 0 Å². The standard InChI is InChI=1S/C16H27N3OS.HI/c1-4-17-16(19-13-14(2)21-3)18-11-8-12-20-15-9-6-5-7-10-15;/h5-7,9-10,14H,4,8,11-13H2,1-3H3,(H2,17,18,19);1H. The van der Waals surface area contributed by atoms with E-state index in [-0.39, 0.29) is 24.0 Å². The summed E-state index contributed by atoms with van der Waals surface area (Å²) in [5.74, 6) is 1.81. The number of hydrogen-bond acceptors (Lipinski definition) is 3. The van der Waals surface area contributed by atoms with Gasteiger partial charge in [0.05, 0.1) is 13.2 Å². The zero-order valence-electron chi connectivity index (χ0n) is 13.7. The molecule has 0 radical (unpaired) electrons. The Kier molecular flexibility index (Phi) is 13.6. The second-order valence-electron chi connectivity index (χ2n) is 4.71. The number of rotatable bonds is 9. The zero-order chi connectivity index (χ0) is 15.3. The van der Waals surface area contributed by atoms with Gasteiger partial charge < -0.3 is 15.4 Å². The molecule has 0 bridgehead atoms. The van der Waals surface area contributed by atoms with Crippen LogP contribution in [0.15, 0.2) is 35.3 Å². The van der Waals surface area contributed by atoms with Crippen LogP contribution in [0.25, 0.3) is 0 Å². The third-order valence-corrected chi connectivity index (χ3v) is 3.83. The van der Waals surface area contributed by atoms with E-state index in [0.717, 1.165) is 37.8 Å². The predicted octanol–water partition coefficient (Wildman–Crippen LogP) is 3.38. The normalized spacial score (nSPS) is 12.2. The molecular formula is C16H28IN3OS. The lowest BCUT2D eigenvalue weighted by molar-refractivity contribution is 0.311. The maximum absolute atomic E-state index is 5.66. The van der Waals surface area contributed by atoms with E-state index >= 15 is 0 Å². The Morgan fingerprint density at radius 2 is 2.00 bits per heavy atom. The molecule has 4 nitrogen and oxygen atoms in total. The lowest BCUT2D eigenvalue weighted by atomic mass is 10.3. The molecule has 0 saturated carbocycles. The van der Waals surface area contributed by atoms with Gasteiger partial charge in [-0.05, 0) is 31.7 Å². The first-order valence-electron chi connectivity index (χ1n) is 7.49. The van der Waals surface area contributed by atoms with Gasteiger partial charge in [0.1, 0.15) is 5.75 Å². The first-order chi connectivity index (χ1) is 10.3. The highest BCUT2D eigenvalue weighted by Gasteiger charge is 2.00. The van der Waals surface area contributed by atoms with E-state index in [2.05, 4.69) is 35.7 Å². The van der Waals surface area contributed by atoms with Crippen molar-refractivity contribution in [3.63, 3.8) is 0 Å². The van der Waals surface area contributed by atoms with Crippen LogP contribution in [-0.4, -0.2) is 43.7 Å². The van der Waals surface area contributed by atoms with E-state index in [9.17, 15) is 0 Å².